The van der Waals surface area contributed by atoms with Crippen molar-refractivity contribution >= 4 is 38.4 Å². The van der Waals surface area contributed by atoms with Crippen LogP contribution in [0.3, 0.4) is 0 Å². The van der Waals surface area contributed by atoms with E-state index in [9.17, 15) is 0 Å². The van der Waals surface area contributed by atoms with Gasteiger partial charge in [0.25, 0.3) is 0 Å². The molecule has 0 unspecified atom stereocenters. The molecule has 2 heterocycles. The summed E-state index contributed by atoms with van der Waals surface area (Å²) < 4.78 is 0.864. The second-order valence-corrected chi connectivity index (χ2v) is 5.99. The second-order valence-electron chi connectivity index (χ2n) is 4.77. The van der Waals surface area contributed by atoms with Crippen molar-refractivity contribution in [3.63, 3.8) is 0 Å². The van der Waals surface area contributed by atoms with E-state index in [2.05, 4.69) is 37.8 Å². The highest BCUT2D eigenvalue weighted by atomic mass is 79.9. The minimum Gasteiger partial charge on any atom is -0.243 e. The van der Waals surface area contributed by atoms with Crippen molar-refractivity contribution in [3.8, 4) is 11.5 Å². The number of halogens is 2. The van der Waals surface area contributed by atoms with E-state index in [4.69, 9.17) is 11.6 Å². The Labute approximate surface area is 136 Å². The summed E-state index contributed by atoms with van der Waals surface area (Å²) in [6, 6.07) is 9.98. The van der Waals surface area contributed by atoms with Crippen LogP contribution in [0.4, 0.5) is 0 Å². The lowest BCUT2D eigenvalue weighted by Gasteiger charge is -2.09. The maximum atomic E-state index is 6.22. The third kappa shape index (κ3) is 2.65. The van der Waals surface area contributed by atoms with Gasteiger partial charge in [-0.2, -0.15) is 0 Å². The number of aryl methyl sites for hydroxylation is 1. The highest BCUT2D eigenvalue weighted by Crippen LogP contribution is 2.29. The molecule has 2 aromatic heterocycles. The Bertz CT molecular complexity index is 833. The molecule has 3 nitrogen and oxygen atoms in total. The third-order valence-electron chi connectivity index (χ3n) is 3.41. The van der Waals surface area contributed by atoms with Crippen LogP contribution < -0.4 is 0 Å². The summed E-state index contributed by atoms with van der Waals surface area (Å²) in [6.07, 6.45) is 0.812. The van der Waals surface area contributed by atoms with E-state index in [1.54, 1.807) is 0 Å². The average Bonchev–Trinajstić information content (AvgIpc) is 2.49. The molecule has 3 aromatic rings. The molecule has 0 bridgehead atoms. The zero-order chi connectivity index (χ0) is 15.0. The molecule has 21 heavy (non-hydrogen) atoms. The van der Waals surface area contributed by atoms with Crippen LogP contribution in [0.5, 0.6) is 0 Å². The van der Waals surface area contributed by atoms with Gasteiger partial charge in [-0.3, -0.25) is 0 Å². The molecule has 0 saturated heterocycles. The number of pyridine rings is 1. The number of aromatic nitrogens is 3. The fourth-order valence-corrected chi connectivity index (χ4v) is 2.93. The first-order valence-corrected chi connectivity index (χ1v) is 7.86. The first kappa shape index (κ1) is 14.4. The molecule has 0 aliphatic carbocycles. The van der Waals surface area contributed by atoms with E-state index in [0.717, 1.165) is 33.1 Å². The number of hydrogen-bond donors (Lipinski definition) is 0. The zero-order valence-electron chi connectivity index (χ0n) is 11.7. The lowest BCUT2D eigenvalue weighted by atomic mass is 10.2. The number of fused-ring (bicyclic) bond motifs is 1. The second kappa shape index (κ2) is 5.70. The molecule has 0 spiro atoms. The summed E-state index contributed by atoms with van der Waals surface area (Å²) in [5.74, 6) is 0.556. The molecule has 0 aliphatic rings. The molecule has 3 rings (SSSR count). The first-order chi connectivity index (χ1) is 10.1. The third-order valence-corrected chi connectivity index (χ3v) is 4.38. The van der Waals surface area contributed by atoms with Crippen molar-refractivity contribution in [2.45, 2.75) is 20.3 Å². The van der Waals surface area contributed by atoms with Gasteiger partial charge < -0.3 is 0 Å². The van der Waals surface area contributed by atoms with E-state index < -0.39 is 0 Å². The Hall–Kier alpha value is -1.52. The van der Waals surface area contributed by atoms with Gasteiger partial charge in [0, 0.05) is 21.1 Å². The van der Waals surface area contributed by atoms with E-state index in [0.29, 0.717) is 16.7 Å². The van der Waals surface area contributed by atoms with Crippen molar-refractivity contribution in [3.05, 3.63) is 51.2 Å². The minimum absolute atomic E-state index is 0.485. The standard InChI is InChI=1S/C16H13BrClN3/c1-3-12-9(2)15(18)21-16(20-12)14-11(17)8-10-6-4-5-7-13(10)19-14/h4-8H,3H2,1-2H3. The quantitative estimate of drug-likeness (QED) is 0.604. The highest BCUT2D eigenvalue weighted by Gasteiger charge is 2.14. The zero-order valence-corrected chi connectivity index (χ0v) is 14.0. The largest absolute Gasteiger partial charge is 0.243 e. The monoisotopic (exact) mass is 361 g/mol. The van der Waals surface area contributed by atoms with Crippen LogP contribution in [0.15, 0.2) is 34.8 Å². The molecule has 1 aromatic carbocycles. The van der Waals surface area contributed by atoms with Gasteiger partial charge in [0.2, 0.25) is 0 Å². The van der Waals surface area contributed by atoms with E-state index in [1.807, 2.05) is 37.3 Å². The predicted molar refractivity (Wildman–Crippen MR) is 89.6 cm³/mol. The van der Waals surface area contributed by atoms with Gasteiger partial charge in [-0.25, -0.2) is 15.0 Å². The molecule has 106 valence electrons. The van der Waals surface area contributed by atoms with E-state index in [-0.39, 0.29) is 0 Å². The summed E-state index contributed by atoms with van der Waals surface area (Å²) >= 11 is 9.78. The van der Waals surface area contributed by atoms with Gasteiger partial charge in [-0.1, -0.05) is 36.7 Å². The van der Waals surface area contributed by atoms with Gasteiger partial charge in [-0.05, 0) is 41.4 Å². The van der Waals surface area contributed by atoms with Crippen LogP contribution in [-0.2, 0) is 6.42 Å². The number of para-hydroxylation sites is 1. The van der Waals surface area contributed by atoms with Crippen LogP contribution in [0.2, 0.25) is 5.15 Å². The van der Waals surface area contributed by atoms with Gasteiger partial charge >= 0.3 is 0 Å². The summed E-state index contributed by atoms with van der Waals surface area (Å²) in [5, 5.41) is 1.56. The lowest BCUT2D eigenvalue weighted by Crippen LogP contribution is -2.01. The molecule has 0 radical (unpaired) electrons. The van der Waals surface area contributed by atoms with Gasteiger partial charge in [0.1, 0.15) is 10.8 Å². The summed E-state index contributed by atoms with van der Waals surface area (Å²) in [5.41, 5.74) is 3.51. The highest BCUT2D eigenvalue weighted by molar-refractivity contribution is 9.10. The van der Waals surface area contributed by atoms with Crippen molar-refractivity contribution < 1.29 is 0 Å². The van der Waals surface area contributed by atoms with Crippen LogP contribution >= 0.6 is 27.5 Å². The maximum absolute atomic E-state index is 6.22. The molecule has 5 heteroatoms. The molecule has 0 fully saturated rings. The van der Waals surface area contributed by atoms with Crippen molar-refractivity contribution in [2.24, 2.45) is 0 Å². The molecule has 0 atom stereocenters. The molecular formula is C16H13BrClN3. The van der Waals surface area contributed by atoms with Gasteiger partial charge in [0.15, 0.2) is 5.82 Å². The van der Waals surface area contributed by atoms with Gasteiger partial charge in [0.05, 0.1) is 5.52 Å². The normalized spacial score (nSPS) is 11.0. The van der Waals surface area contributed by atoms with Crippen LogP contribution in [-0.4, -0.2) is 15.0 Å². The van der Waals surface area contributed by atoms with Crippen molar-refractivity contribution in [2.75, 3.05) is 0 Å². The SMILES string of the molecule is CCc1nc(-c2nc3ccccc3cc2Br)nc(Cl)c1C. The fraction of sp³-hybridized carbons (Fsp3) is 0.188. The number of rotatable bonds is 2. The van der Waals surface area contributed by atoms with E-state index in [1.165, 1.54) is 0 Å². The van der Waals surface area contributed by atoms with Crippen molar-refractivity contribution in [1.29, 1.82) is 0 Å². The van der Waals surface area contributed by atoms with Crippen LogP contribution in [0.25, 0.3) is 22.4 Å². The number of hydrogen-bond acceptors (Lipinski definition) is 3. The smallest absolute Gasteiger partial charge is 0.181 e. The van der Waals surface area contributed by atoms with Gasteiger partial charge in [-0.15, -0.1) is 0 Å². The number of benzene rings is 1. The van der Waals surface area contributed by atoms with E-state index >= 15 is 0 Å². The molecule has 0 saturated carbocycles. The maximum Gasteiger partial charge on any atom is 0.181 e. The Morgan fingerprint density at radius 2 is 1.90 bits per heavy atom. The Morgan fingerprint density at radius 3 is 2.67 bits per heavy atom. The molecule has 0 N–H and O–H groups in total. The number of nitrogens with zero attached hydrogens (tertiary/aromatic N) is 3. The van der Waals surface area contributed by atoms with Crippen LogP contribution in [0.1, 0.15) is 18.2 Å². The van der Waals surface area contributed by atoms with Crippen molar-refractivity contribution in [1.82, 2.24) is 15.0 Å². The lowest BCUT2D eigenvalue weighted by molar-refractivity contribution is 0.971. The van der Waals surface area contributed by atoms with Crippen LogP contribution in [0, 0.1) is 6.92 Å². The topological polar surface area (TPSA) is 38.7 Å². The summed E-state index contributed by atoms with van der Waals surface area (Å²) in [6.45, 7) is 3.99. The molecule has 0 aliphatic heterocycles. The minimum atomic E-state index is 0.485. The fourth-order valence-electron chi connectivity index (χ4n) is 2.23. The average molecular weight is 363 g/mol. The Morgan fingerprint density at radius 1 is 1.14 bits per heavy atom. The Kier molecular flexibility index (Phi) is 3.91. The first-order valence-electron chi connectivity index (χ1n) is 6.68. The molecular weight excluding hydrogens is 350 g/mol. The Balaban J connectivity index is 2.25. The molecule has 0 amide bonds. The summed E-state index contributed by atoms with van der Waals surface area (Å²) in [7, 11) is 0. The predicted octanol–water partition coefficient (Wildman–Crippen LogP) is 4.98. The summed E-state index contributed by atoms with van der Waals surface area (Å²) in [4.78, 5) is 13.6.